The van der Waals surface area contributed by atoms with Gasteiger partial charge in [-0.15, -0.1) is 0 Å². The van der Waals surface area contributed by atoms with Gasteiger partial charge in [0.1, 0.15) is 17.9 Å². The number of nitrogens with zero attached hydrogens (tertiary/aromatic N) is 1. The van der Waals surface area contributed by atoms with Crippen molar-refractivity contribution in [1.29, 1.82) is 0 Å². The molecule has 3 N–H and O–H groups in total. The van der Waals surface area contributed by atoms with E-state index >= 15 is 0 Å². The third-order valence-electron chi connectivity index (χ3n) is 9.21. The van der Waals surface area contributed by atoms with Gasteiger partial charge in [-0.3, -0.25) is 4.79 Å². The molecule has 9 heteroatoms. The number of aryl methyl sites for hydroxylation is 3. The number of rotatable bonds is 14. The molecule has 1 heterocycles. The van der Waals surface area contributed by atoms with Crippen molar-refractivity contribution in [2.75, 3.05) is 46.1 Å². The van der Waals surface area contributed by atoms with E-state index in [1.807, 2.05) is 39.8 Å². The van der Waals surface area contributed by atoms with Gasteiger partial charge in [0.2, 0.25) is 5.91 Å². The molecule has 1 aliphatic carbocycles. The third kappa shape index (κ3) is 10.9. The molecule has 0 spiro atoms. The van der Waals surface area contributed by atoms with E-state index in [1.54, 1.807) is 0 Å². The fourth-order valence-electron chi connectivity index (χ4n) is 6.21. The number of aliphatic carboxylic acids is 1. The number of hydrogen-bond acceptors (Lipinski definition) is 7. The van der Waals surface area contributed by atoms with Crippen LogP contribution in [0, 0.1) is 32.1 Å². The smallest absolute Gasteiger partial charge is 0.339 e. The Hall–Kier alpha value is -2.46. The van der Waals surface area contributed by atoms with Gasteiger partial charge in [-0.2, -0.15) is 0 Å². The largest absolute Gasteiger partial charge is 0.511 e. The van der Waals surface area contributed by atoms with E-state index in [2.05, 4.69) is 31.0 Å². The van der Waals surface area contributed by atoms with Crippen molar-refractivity contribution in [3.63, 3.8) is 0 Å². The molecule has 2 fully saturated rings. The van der Waals surface area contributed by atoms with Crippen LogP contribution < -0.4 is 5.32 Å². The summed E-state index contributed by atoms with van der Waals surface area (Å²) in [5.41, 5.74) is 3.52. The lowest BCUT2D eigenvalue weighted by Gasteiger charge is -2.36. The maximum atomic E-state index is 12.3. The molecule has 3 rings (SSSR count). The van der Waals surface area contributed by atoms with Gasteiger partial charge in [0.25, 0.3) is 0 Å². The Morgan fingerprint density at radius 1 is 0.909 bits per heavy atom. The van der Waals surface area contributed by atoms with Gasteiger partial charge >= 0.3 is 5.97 Å². The summed E-state index contributed by atoms with van der Waals surface area (Å²) < 4.78 is 17.6. The van der Waals surface area contributed by atoms with Gasteiger partial charge in [0.15, 0.2) is 0 Å². The van der Waals surface area contributed by atoms with Crippen LogP contribution in [0.15, 0.2) is 17.9 Å². The Labute approximate surface area is 264 Å². The fourth-order valence-corrected chi connectivity index (χ4v) is 6.21. The zero-order valence-corrected chi connectivity index (χ0v) is 28.0. The number of ether oxygens (including phenoxy) is 3. The van der Waals surface area contributed by atoms with Gasteiger partial charge in [-0.1, -0.05) is 38.5 Å². The van der Waals surface area contributed by atoms with E-state index in [9.17, 15) is 19.8 Å². The van der Waals surface area contributed by atoms with Crippen LogP contribution in [-0.4, -0.2) is 91.3 Å². The summed E-state index contributed by atoms with van der Waals surface area (Å²) in [6, 6.07) is 4.02. The molecule has 0 aromatic heterocycles. The van der Waals surface area contributed by atoms with Crippen molar-refractivity contribution >= 4 is 17.4 Å². The van der Waals surface area contributed by atoms with Crippen LogP contribution in [0.2, 0.25) is 0 Å². The summed E-state index contributed by atoms with van der Waals surface area (Å²) >= 11 is 0. The summed E-state index contributed by atoms with van der Waals surface area (Å²) in [6.07, 6.45) is 5.41. The minimum atomic E-state index is -1.08. The van der Waals surface area contributed by atoms with E-state index in [-0.39, 0.29) is 53.4 Å². The minimum absolute atomic E-state index is 0.00400. The first kappa shape index (κ1) is 36.0. The molecule has 44 heavy (non-hydrogen) atoms. The molecular weight excluding hydrogens is 560 g/mol. The maximum Gasteiger partial charge on any atom is 0.339 e. The Balaban J connectivity index is 1.32. The van der Waals surface area contributed by atoms with Crippen molar-refractivity contribution in [3.8, 4) is 0 Å². The molecular formula is C35H56N2O7. The van der Waals surface area contributed by atoms with Gasteiger partial charge in [-0.05, 0) is 88.3 Å². The van der Waals surface area contributed by atoms with Crippen molar-refractivity contribution in [2.24, 2.45) is 11.3 Å². The molecule has 1 aromatic carbocycles. The number of piperidine rings is 1. The predicted molar refractivity (Wildman–Crippen MR) is 173 cm³/mol. The van der Waals surface area contributed by atoms with E-state index in [1.165, 1.54) is 0 Å². The van der Waals surface area contributed by atoms with Gasteiger partial charge < -0.3 is 34.6 Å². The summed E-state index contributed by atoms with van der Waals surface area (Å²) in [7, 11) is 0. The van der Waals surface area contributed by atoms with Crippen LogP contribution in [0.4, 0.5) is 0 Å². The lowest BCUT2D eigenvalue weighted by atomic mass is 9.82. The topological polar surface area (TPSA) is 118 Å². The average Bonchev–Trinajstić information content (AvgIpc) is 2.94. The van der Waals surface area contributed by atoms with Crippen LogP contribution >= 0.6 is 0 Å². The van der Waals surface area contributed by atoms with Crippen LogP contribution in [0.5, 0.6) is 0 Å². The fraction of sp³-hybridized carbons (Fsp3) is 0.714. The zero-order chi connectivity index (χ0) is 32.4. The second kappa shape index (κ2) is 16.7. The summed E-state index contributed by atoms with van der Waals surface area (Å²) in [5.74, 6) is -1.34. The molecule has 1 unspecified atom stereocenters. The van der Waals surface area contributed by atoms with Gasteiger partial charge in [0.05, 0.1) is 32.0 Å². The molecule has 1 atom stereocenters. The number of hydrogen-bond donors (Lipinski definition) is 3. The highest BCUT2D eigenvalue weighted by molar-refractivity contribution is 6.17. The van der Waals surface area contributed by atoms with E-state index in [0.29, 0.717) is 25.4 Å². The molecule has 0 radical (unpaired) electrons. The molecule has 1 aromatic rings. The van der Waals surface area contributed by atoms with Crippen LogP contribution in [0.25, 0.3) is 5.57 Å². The molecule has 0 bridgehead atoms. The van der Waals surface area contributed by atoms with Crippen molar-refractivity contribution in [2.45, 2.75) is 105 Å². The molecule has 1 aliphatic heterocycles. The Morgan fingerprint density at radius 3 is 2.05 bits per heavy atom. The summed E-state index contributed by atoms with van der Waals surface area (Å²) in [6.45, 7) is 18.4. The molecule has 1 saturated heterocycles. The van der Waals surface area contributed by atoms with Gasteiger partial charge in [-0.25, -0.2) is 4.79 Å². The first-order valence-electron chi connectivity index (χ1n) is 16.3. The summed E-state index contributed by atoms with van der Waals surface area (Å²) in [4.78, 5) is 26.6. The molecule has 1 saturated carbocycles. The van der Waals surface area contributed by atoms with E-state index in [4.69, 9.17) is 14.2 Å². The predicted octanol–water partition coefficient (Wildman–Crippen LogP) is 5.59. The SMILES string of the molecule is Cc1cc(C)c(/C(C(=O)O)=C(\O)C2CCC(OC3CCN(CCOCCOCC(=O)NC(C)C(C)(C)C)CC3)CC2)c(C)c1. The first-order chi connectivity index (χ1) is 20.8. The second-order valence-corrected chi connectivity index (χ2v) is 13.8. The van der Waals surface area contributed by atoms with E-state index in [0.717, 1.165) is 74.8 Å². The number of carbonyl (C=O) groups is 2. The Kier molecular flexibility index (Phi) is 13.7. The highest BCUT2D eigenvalue weighted by atomic mass is 16.5. The number of aliphatic hydroxyl groups is 1. The zero-order valence-electron chi connectivity index (χ0n) is 28.0. The van der Waals surface area contributed by atoms with Crippen LogP contribution in [-0.2, 0) is 23.8 Å². The number of carboxylic acid groups (broad SMARTS) is 1. The quantitative estimate of drug-likeness (QED) is 0.141. The Bertz CT molecular complexity index is 1100. The number of likely N-dealkylation sites (tertiary alicyclic amines) is 1. The number of nitrogens with one attached hydrogen (secondary N) is 1. The highest BCUT2D eigenvalue weighted by Gasteiger charge is 2.31. The normalized spacial score (nSPS) is 21.5. The van der Waals surface area contributed by atoms with Crippen molar-refractivity contribution in [1.82, 2.24) is 10.2 Å². The lowest BCUT2D eigenvalue weighted by molar-refractivity contribution is -0.130. The maximum absolute atomic E-state index is 12.3. The number of carbonyl (C=O) groups excluding carboxylic acids is 1. The number of carboxylic acids is 1. The monoisotopic (exact) mass is 616 g/mol. The number of allylic oxidation sites excluding steroid dienone is 1. The number of benzene rings is 1. The van der Waals surface area contributed by atoms with Crippen molar-refractivity contribution < 1.29 is 34.0 Å². The third-order valence-corrected chi connectivity index (χ3v) is 9.21. The molecule has 9 nitrogen and oxygen atoms in total. The molecule has 248 valence electrons. The summed E-state index contributed by atoms with van der Waals surface area (Å²) in [5, 5.41) is 24.1. The lowest BCUT2D eigenvalue weighted by Crippen LogP contribution is -2.43. The Morgan fingerprint density at radius 2 is 1.48 bits per heavy atom. The minimum Gasteiger partial charge on any atom is -0.511 e. The van der Waals surface area contributed by atoms with Gasteiger partial charge in [0, 0.05) is 31.6 Å². The average molecular weight is 617 g/mol. The van der Waals surface area contributed by atoms with Crippen LogP contribution in [0.3, 0.4) is 0 Å². The van der Waals surface area contributed by atoms with E-state index < -0.39 is 5.97 Å². The standard InChI is InChI=1S/C35H56N2O7/c1-23-20-24(2)31(25(3)21-23)32(34(40)41)33(39)27-8-10-28(11-9-27)44-29-12-14-37(15-13-29)16-17-42-18-19-43-22-30(38)36-26(4)35(5,6)7/h20-21,26-29,39H,8-19,22H2,1-7H3,(H,36,38)(H,40,41)/b33-32+. The van der Waals surface area contributed by atoms with Crippen molar-refractivity contribution in [3.05, 3.63) is 40.1 Å². The number of amides is 1. The highest BCUT2D eigenvalue weighted by Crippen LogP contribution is 2.37. The second-order valence-electron chi connectivity index (χ2n) is 13.8. The molecule has 1 amide bonds. The first-order valence-corrected chi connectivity index (χ1v) is 16.3. The van der Waals surface area contributed by atoms with Crippen LogP contribution in [0.1, 0.15) is 88.5 Å². The number of aliphatic hydroxyl groups excluding tert-OH is 1. The molecule has 2 aliphatic rings.